The van der Waals surface area contributed by atoms with Gasteiger partial charge in [0.15, 0.2) is 0 Å². The second kappa shape index (κ2) is 6.38. The minimum absolute atomic E-state index is 0.384. The summed E-state index contributed by atoms with van der Waals surface area (Å²) in [6.45, 7) is 2.90. The van der Waals surface area contributed by atoms with Gasteiger partial charge in [-0.25, -0.2) is 0 Å². The summed E-state index contributed by atoms with van der Waals surface area (Å²) in [5, 5.41) is 3.45. The van der Waals surface area contributed by atoms with Gasteiger partial charge in [-0.2, -0.15) is 0 Å². The van der Waals surface area contributed by atoms with Gasteiger partial charge in [-0.15, -0.1) is 0 Å². The molecular formula is C13H22N2O. The molecule has 1 atom stereocenters. The zero-order valence-electron chi connectivity index (χ0n) is 10.7. The topological polar surface area (TPSA) is 24.5 Å². The smallest absolute Gasteiger partial charge is 0.0663 e. The molecule has 0 radical (unpaired) electrons. The second-order valence-corrected chi connectivity index (χ2v) is 4.15. The van der Waals surface area contributed by atoms with Crippen LogP contribution in [0, 0.1) is 0 Å². The fourth-order valence-corrected chi connectivity index (χ4v) is 1.55. The van der Waals surface area contributed by atoms with E-state index in [9.17, 15) is 0 Å². The van der Waals surface area contributed by atoms with Crippen LogP contribution in [0.25, 0.3) is 0 Å². The molecule has 16 heavy (non-hydrogen) atoms. The Hall–Kier alpha value is -1.22. The van der Waals surface area contributed by atoms with E-state index >= 15 is 0 Å². The highest BCUT2D eigenvalue weighted by Crippen LogP contribution is 2.16. The molecule has 1 N–H and O–H groups in total. The number of nitrogens with zero attached hydrogens (tertiary/aromatic N) is 1. The van der Waals surface area contributed by atoms with Gasteiger partial charge >= 0.3 is 0 Å². The van der Waals surface area contributed by atoms with E-state index < -0.39 is 0 Å². The Labute approximate surface area is 98.4 Å². The Bertz CT molecular complexity index is 295. The average Bonchev–Trinajstić information content (AvgIpc) is 2.29. The monoisotopic (exact) mass is 222 g/mol. The highest BCUT2D eigenvalue weighted by atomic mass is 16.5. The quantitative estimate of drug-likeness (QED) is 0.800. The summed E-state index contributed by atoms with van der Waals surface area (Å²) < 4.78 is 5.16. The summed E-state index contributed by atoms with van der Waals surface area (Å²) in [7, 11) is 5.82. The lowest BCUT2D eigenvalue weighted by Gasteiger charge is -2.18. The van der Waals surface area contributed by atoms with Crippen molar-refractivity contribution in [3.63, 3.8) is 0 Å². The van der Waals surface area contributed by atoms with Crippen molar-refractivity contribution in [2.75, 3.05) is 38.0 Å². The number of ether oxygens (including phenoxy) is 1. The highest BCUT2D eigenvalue weighted by Gasteiger charge is 2.05. The standard InChI is InChI=1S/C13H22N2O/c1-5-11(10-16-4)14-12-6-8-13(9-7-12)15(2)3/h6-9,11,14H,5,10H2,1-4H3. The third-order valence-corrected chi connectivity index (χ3v) is 2.62. The van der Waals surface area contributed by atoms with Crippen molar-refractivity contribution >= 4 is 11.4 Å². The van der Waals surface area contributed by atoms with Crippen molar-refractivity contribution in [2.45, 2.75) is 19.4 Å². The summed E-state index contributed by atoms with van der Waals surface area (Å²) in [4.78, 5) is 2.09. The first kappa shape index (κ1) is 12.8. The molecule has 1 unspecified atom stereocenters. The second-order valence-electron chi connectivity index (χ2n) is 4.15. The predicted molar refractivity (Wildman–Crippen MR) is 70.3 cm³/mol. The molecule has 3 heteroatoms. The molecule has 90 valence electrons. The number of methoxy groups -OCH3 is 1. The number of rotatable bonds is 6. The Kier molecular flexibility index (Phi) is 5.12. The van der Waals surface area contributed by atoms with Crippen LogP contribution in [0.4, 0.5) is 11.4 Å². The number of nitrogens with one attached hydrogen (secondary N) is 1. The van der Waals surface area contributed by atoms with Gasteiger partial charge in [0.1, 0.15) is 0 Å². The van der Waals surface area contributed by atoms with E-state index in [1.807, 2.05) is 14.1 Å². The maximum atomic E-state index is 5.16. The molecule has 0 amide bonds. The first-order chi connectivity index (χ1) is 7.67. The Balaban J connectivity index is 2.60. The van der Waals surface area contributed by atoms with Gasteiger partial charge < -0.3 is 15.0 Å². The van der Waals surface area contributed by atoms with E-state index in [2.05, 4.69) is 41.4 Å². The SMILES string of the molecule is CCC(COC)Nc1ccc(N(C)C)cc1. The number of benzene rings is 1. The fourth-order valence-electron chi connectivity index (χ4n) is 1.55. The minimum Gasteiger partial charge on any atom is -0.383 e. The first-order valence-electron chi connectivity index (χ1n) is 5.70. The number of anilines is 2. The van der Waals surface area contributed by atoms with Crippen LogP contribution < -0.4 is 10.2 Å². The van der Waals surface area contributed by atoms with Gasteiger partial charge in [-0.05, 0) is 30.7 Å². The first-order valence-corrected chi connectivity index (χ1v) is 5.70. The van der Waals surface area contributed by atoms with Crippen LogP contribution in [0.3, 0.4) is 0 Å². The molecule has 0 aliphatic carbocycles. The number of hydrogen-bond acceptors (Lipinski definition) is 3. The molecule has 0 aliphatic heterocycles. The Morgan fingerprint density at radius 2 is 1.88 bits per heavy atom. The normalized spacial score (nSPS) is 12.2. The molecule has 1 aromatic carbocycles. The van der Waals surface area contributed by atoms with Crippen LogP contribution in [0.15, 0.2) is 24.3 Å². The molecule has 0 heterocycles. The van der Waals surface area contributed by atoms with Crippen LogP contribution in [0.1, 0.15) is 13.3 Å². The maximum absolute atomic E-state index is 5.16. The lowest BCUT2D eigenvalue weighted by Crippen LogP contribution is -2.23. The Morgan fingerprint density at radius 1 is 1.25 bits per heavy atom. The van der Waals surface area contributed by atoms with Gasteiger partial charge in [-0.3, -0.25) is 0 Å². The predicted octanol–water partition coefficient (Wildman–Crippen LogP) is 2.59. The van der Waals surface area contributed by atoms with Crippen molar-refractivity contribution in [3.05, 3.63) is 24.3 Å². The van der Waals surface area contributed by atoms with Gasteiger partial charge in [0.25, 0.3) is 0 Å². The fraction of sp³-hybridized carbons (Fsp3) is 0.538. The van der Waals surface area contributed by atoms with Gasteiger partial charge in [0.2, 0.25) is 0 Å². The van der Waals surface area contributed by atoms with E-state index in [1.165, 1.54) is 5.69 Å². The molecule has 0 bridgehead atoms. The van der Waals surface area contributed by atoms with Crippen molar-refractivity contribution < 1.29 is 4.74 Å². The Morgan fingerprint density at radius 3 is 2.31 bits per heavy atom. The largest absolute Gasteiger partial charge is 0.383 e. The van der Waals surface area contributed by atoms with Crippen LogP contribution in [0.2, 0.25) is 0 Å². The summed E-state index contributed by atoms with van der Waals surface area (Å²) in [5.41, 5.74) is 2.36. The van der Waals surface area contributed by atoms with Crippen molar-refractivity contribution in [2.24, 2.45) is 0 Å². The van der Waals surface area contributed by atoms with Crippen molar-refractivity contribution in [3.8, 4) is 0 Å². The molecule has 0 saturated carbocycles. The molecule has 1 rings (SSSR count). The lowest BCUT2D eigenvalue weighted by atomic mass is 10.2. The summed E-state index contributed by atoms with van der Waals surface area (Å²) >= 11 is 0. The van der Waals surface area contributed by atoms with Crippen LogP contribution in [0.5, 0.6) is 0 Å². The lowest BCUT2D eigenvalue weighted by molar-refractivity contribution is 0.184. The van der Waals surface area contributed by atoms with Gasteiger partial charge in [0.05, 0.1) is 6.61 Å². The molecule has 0 fully saturated rings. The van der Waals surface area contributed by atoms with Gasteiger partial charge in [-0.1, -0.05) is 6.92 Å². The van der Waals surface area contributed by atoms with E-state index in [1.54, 1.807) is 7.11 Å². The van der Waals surface area contributed by atoms with E-state index in [0.717, 1.165) is 18.7 Å². The molecule has 0 aliphatic rings. The molecule has 0 aromatic heterocycles. The van der Waals surface area contributed by atoms with Crippen LogP contribution in [-0.4, -0.2) is 33.9 Å². The molecule has 0 saturated heterocycles. The van der Waals surface area contributed by atoms with Crippen LogP contribution in [-0.2, 0) is 4.74 Å². The zero-order chi connectivity index (χ0) is 12.0. The van der Waals surface area contributed by atoms with E-state index in [-0.39, 0.29) is 0 Å². The molecule has 3 nitrogen and oxygen atoms in total. The van der Waals surface area contributed by atoms with Crippen molar-refractivity contribution in [1.82, 2.24) is 0 Å². The zero-order valence-corrected chi connectivity index (χ0v) is 10.7. The summed E-state index contributed by atoms with van der Waals surface area (Å²) in [5.74, 6) is 0. The average molecular weight is 222 g/mol. The maximum Gasteiger partial charge on any atom is 0.0663 e. The summed E-state index contributed by atoms with van der Waals surface area (Å²) in [6.07, 6.45) is 1.06. The third kappa shape index (κ3) is 3.74. The van der Waals surface area contributed by atoms with Crippen molar-refractivity contribution in [1.29, 1.82) is 0 Å². The molecular weight excluding hydrogens is 200 g/mol. The molecule has 0 spiro atoms. The van der Waals surface area contributed by atoms with E-state index in [0.29, 0.717) is 6.04 Å². The highest BCUT2D eigenvalue weighted by molar-refractivity contribution is 5.54. The van der Waals surface area contributed by atoms with Crippen LogP contribution >= 0.6 is 0 Å². The van der Waals surface area contributed by atoms with E-state index in [4.69, 9.17) is 4.74 Å². The minimum atomic E-state index is 0.384. The third-order valence-electron chi connectivity index (χ3n) is 2.62. The molecule has 1 aromatic rings. The summed E-state index contributed by atoms with van der Waals surface area (Å²) in [6, 6.07) is 8.82. The number of hydrogen-bond donors (Lipinski definition) is 1. The van der Waals surface area contributed by atoms with Gasteiger partial charge in [0, 0.05) is 38.6 Å².